The molecule has 2 aliphatic rings. The number of anilines is 1. The van der Waals surface area contributed by atoms with Crippen LogP contribution in [0.5, 0.6) is 23.0 Å². The van der Waals surface area contributed by atoms with Crippen LogP contribution in [0.1, 0.15) is 54.7 Å². The van der Waals surface area contributed by atoms with Crippen LogP contribution in [0, 0.1) is 12.8 Å². The third kappa shape index (κ3) is 9.41. The number of fused-ring (bicyclic) bond motifs is 5. The van der Waals surface area contributed by atoms with E-state index in [4.69, 9.17) is 28.5 Å². The number of ether oxygens (including phenoxy) is 4. The van der Waals surface area contributed by atoms with E-state index in [1.54, 1.807) is 39.4 Å². The summed E-state index contributed by atoms with van der Waals surface area (Å²) in [5, 5.41) is 7.85. The van der Waals surface area contributed by atoms with Crippen molar-refractivity contribution >= 4 is 34.4 Å². The molecule has 2 aromatic heterocycles. The van der Waals surface area contributed by atoms with Gasteiger partial charge in [0.25, 0.3) is 0 Å². The number of carbonyl (C=O) groups is 3. The Hall–Kier alpha value is -5.53. The number of pyridine rings is 1. The van der Waals surface area contributed by atoms with Crippen LogP contribution >= 0.6 is 0 Å². The molecule has 0 aliphatic carbocycles. The molecule has 2 aliphatic heterocycles. The maximum absolute atomic E-state index is 14.1. The molecule has 0 radical (unpaired) electrons. The first-order valence-corrected chi connectivity index (χ1v) is 18.9. The molecule has 14 nitrogen and oxygen atoms in total. The Morgan fingerprint density at radius 2 is 1.62 bits per heavy atom. The number of benzene rings is 2. The molecular formula is C41H52N6O8. The van der Waals surface area contributed by atoms with Crippen molar-refractivity contribution in [2.45, 2.75) is 58.4 Å². The molecule has 1 fully saturated rings. The summed E-state index contributed by atoms with van der Waals surface area (Å²) in [6, 6.07) is 13.3. The Bertz CT molecular complexity index is 1980. The van der Waals surface area contributed by atoms with Crippen LogP contribution in [0.2, 0.25) is 0 Å². The molecule has 294 valence electrons. The van der Waals surface area contributed by atoms with E-state index in [0.717, 1.165) is 47.5 Å². The van der Waals surface area contributed by atoms with Gasteiger partial charge in [-0.3, -0.25) is 14.4 Å². The van der Waals surface area contributed by atoms with Crippen LogP contribution in [0.4, 0.5) is 5.82 Å². The van der Waals surface area contributed by atoms with Gasteiger partial charge in [-0.25, -0.2) is 4.98 Å². The lowest BCUT2D eigenvalue weighted by molar-refractivity contribution is -0.136. The van der Waals surface area contributed by atoms with Crippen molar-refractivity contribution < 1.29 is 37.9 Å². The summed E-state index contributed by atoms with van der Waals surface area (Å²) in [6.07, 6.45) is 3.79. The molecule has 2 aromatic carbocycles. The van der Waals surface area contributed by atoms with Gasteiger partial charge in [0.05, 0.1) is 52.6 Å². The number of nitrogens with zero attached hydrogens (tertiary/aromatic N) is 5. The normalized spacial score (nSPS) is 17.0. The molecule has 2 bridgehead atoms. The first-order chi connectivity index (χ1) is 26.7. The van der Waals surface area contributed by atoms with E-state index < -0.39 is 0 Å². The van der Waals surface area contributed by atoms with Gasteiger partial charge < -0.3 is 43.5 Å². The summed E-state index contributed by atoms with van der Waals surface area (Å²) in [5.74, 6) is 3.17. The zero-order chi connectivity index (χ0) is 38.9. The summed E-state index contributed by atoms with van der Waals surface area (Å²) in [7, 11) is 6.34. The number of carbonyl (C=O) groups excluding carboxylic acids is 3. The Balaban J connectivity index is 1.33. The largest absolute Gasteiger partial charge is 0.496 e. The molecule has 1 saturated heterocycles. The van der Waals surface area contributed by atoms with Crippen LogP contribution in [0.25, 0.3) is 10.9 Å². The van der Waals surface area contributed by atoms with Crippen molar-refractivity contribution in [2.24, 2.45) is 5.92 Å². The zero-order valence-corrected chi connectivity index (χ0v) is 32.5. The minimum atomic E-state index is -0.188. The number of aromatic nitrogens is 2. The standard InChI is InChI=1S/C41H52N6O8/c1-27-19-31(55-44-27)21-38(50)45-16-8-9-17-46(37(49)15-14-29-12-6-7-13-34(29)51-2)26-36(48)42-23-28-11-10-18-47(24-28)41-30(25-45)20-32-33(43-41)22-35(52-3)40(54-5)39(32)53-4/h6-7,12-13,19-20,22,28H,8-11,14-18,21,23-26H2,1-5H3,(H,42,48). The molecule has 4 heterocycles. The average Bonchev–Trinajstić information content (AvgIpc) is 3.62. The molecule has 3 amide bonds. The lowest BCUT2D eigenvalue weighted by Crippen LogP contribution is -2.46. The number of hydrogen-bond acceptors (Lipinski definition) is 11. The SMILES string of the molecule is COc1ccccc1CCC(=O)N1CCCCN(C(=O)Cc2cc(C)no2)Cc2cc3c(OC)c(OC)c(OC)cc3nc2N2CCCC(CNC(=O)C1)C2. The molecule has 14 heteroatoms. The maximum Gasteiger partial charge on any atom is 0.239 e. The molecule has 0 spiro atoms. The average molecular weight is 757 g/mol. The summed E-state index contributed by atoms with van der Waals surface area (Å²) < 4.78 is 28.2. The smallest absolute Gasteiger partial charge is 0.239 e. The van der Waals surface area contributed by atoms with Gasteiger partial charge in [0.15, 0.2) is 11.5 Å². The van der Waals surface area contributed by atoms with E-state index in [-0.39, 0.29) is 49.6 Å². The highest BCUT2D eigenvalue weighted by Gasteiger charge is 2.28. The number of aryl methyl sites for hydroxylation is 2. The van der Waals surface area contributed by atoms with Crippen molar-refractivity contribution in [3.8, 4) is 23.0 Å². The lowest BCUT2D eigenvalue weighted by Gasteiger charge is -2.36. The van der Waals surface area contributed by atoms with Gasteiger partial charge in [0.1, 0.15) is 17.3 Å². The van der Waals surface area contributed by atoms with Crippen molar-refractivity contribution in [1.82, 2.24) is 25.3 Å². The van der Waals surface area contributed by atoms with Gasteiger partial charge >= 0.3 is 0 Å². The second-order valence-electron chi connectivity index (χ2n) is 14.2. The lowest BCUT2D eigenvalue weighted by atomic mass is 9.97. The fourth-order valence-electron chi connectivity index (χ4n) is 7.59. The number of nitrogens with one attached hydrogen (secondary N) is 1. The molecule has 1 unspecified atom stereocenters. The predicted octanol–water partition coefficient (Wildman–Crippen LogP) is 4.72. The molecular weight excluding hydrogens is 704 g/mol. The number of methoxy groups -OCH3 is 4. The monoisotopic (exact) mass is 756 g/mol. The third-order valence-electron chi connectivity index (χ3n) is 10.4. The van der Waals surface area contributed by atoms with Gasteiger partial charge in [-0.2, -0.15) is 0 Å². The Morgan fingerprint density at radius 3 is 2.33 bits per heavy atom. The molecule has 1 N–H and O–H groups in total. The van der Waals surface area contributed by atoms with Crippen LogP contribution in [0.3, 0.4) is 0 Å². The highest BCUT2D eigenvalue weighted by molar-refractivity contribution is 5.92. The van der Waals surface area contributed by atoms with E-state index in [9.17, 15) is 14.4 Å². The Kier molecular flexibility index (Phi) is 13.0. The van der Waals surface area contributed by atoms with Gasteiger partial charge in [-0.15, -0.1) is 0 Å². The Labute approximate surface area is 322 Å². The predicted molar refractivity (Wildman–Crippen MR) is 207 cm³/mol. The number of piperidine rings is 1. The van der Waals surface area contributed by atoms with E-state index in [1.165, 1.54) is 0 Å². The quantitative estimate of drug-likeness (QED) is 0.253. The first-order valence-electron chi connectivity index (χ1n) is 18.9. The summed E-state index contributed by atoms with van der Waals surface area (Å²) >= 11 is 0. The molecule has 0 saturated carbocycles. The molecule has 55 heavy (non-hydrogen) atoms. The number of amides is 3. The van der Waals surface area contributed by atoms with Crippen molar-refractivity contribution in [1.29, 1.82) is 0 Å². The fourth-order valence-corrected chi connectivity index (χ4v) is 7.59. The minimum Gasteiger partial charge on any atom is -0.496 e. The summed E-state index contributed by atoms with van der Waals surface area (Å²) in [4.78, 5) is 52.1. The maximum atomic E-state index is 14.1. The fraction of sp³-hybridized carbons (Fsp3) is 0.488. The van der Waals surface area contributed by atoms with Gasteiger partial charge in [-0.1, -0.05) is 23.4 Å². The highest BCUT2D eigenvalue weighted by atomic mass is 16.5. The van der Waals surface area contributed by atoms with Crippen molar-refractivity contribution in [2.75, 3.05) is 72.6 Å². The summed E-state index contributed by atoms with van der Waals surface area (Å²) in [5.41, 5.74) is 3.16. The topological polar surface area (TPSA) is 149 Å². The number of hydrogen-bond donors (Lipinski definition) is 1. The van der Waals surface area contributed by atoms with Crippen molar-refractivity contribution in [3.63, 3.8) is 0 Å². The molecule has 6 rings (SSSR count). The number of rotatable bonds is 9. The second-order valence-corrected chi connectivity index (χ2v) is 14.2. The first kappa shape index (κ1) is 39.2. The minimum absolute atomic E-state index is 0.0296. The van der Waals surface area contributed by atoms with Crippen LogP contribution in [-0.4, -0.2) is 105 Å². The highest BCUT2D eigenvalue weighted by Crippen LogP contribution is 2.44. The number of para-hydroxylation sites is 1. The van der Waals surface area contributed by atoms with Crippen LogP contribution in [-0.2, 0) is 33.8 Å². The summed E-state index contributed by atoms with van der Waals surface area (Å²) in [6.45, 7) is 4.75. The van der Waals surface area contributed by atoms with Gasteiger partial charge in [0.2, 0.25) is 23.5 Å². The van der Waals surface area contributed by atoms with Gasteiger partial charge in [0, 0.05) is 68.8 Å². The van der Waals surface area contributed by atoms with Gasteiger partial charge in [-0.05, 0) is 62.6 Å². The Morgan fingerprint density at radius 1 is 0.873 bits per heavy atom. The van der Waals surface area contributed by atoms with E-state index in [0.29, 0.717) is 79.7 Å². The van der Waals surface area contributed by atoms with E-state index >= 15 is 0 Å². The zero-order valence-electron chi connectivity index (χ0n) is 32.5. The van der Waals surface area contributed by atoms with E-state index in [2.05, 4.69) is 15.4 Å². The van der Waals surface area contributed by atoms with Crippen molar-refractivity contribution in [3.05, 3.63) is 65.0 Å². The van der Waals surface area contributed by atoms with Crippen LogP contribution in [0.15, 0.2) is 47.0 Å². The van der Waals surface area contributed by atoms with E-state index in [1.807, 2.05) is 48.2 Å². The second kappa shape index (κ2) is 18.2. The molecule has 4 aromatic rings. The molecule has 1 atom stereocenters. The van der Waals surface area contributed by atoms with Crippen LogP contribution < -0.4 is 29.2 Å². The third-order valence-corrected chi connectivity index (χ3v) is 10.4.